The van der Waals surface area contributed by atoms with Gasteiger partial charge < -0.3 is 18.6 Å². The Bertz CT molecular complexity index is 1160. The molecule has 3 aromatic rings. The molecule has 0 atom stereocenters. The van der Waals surface area contributed by atoms with Gasteiger partial charge in [-0.2, -0.15) is 0 Å². The highest BCUT2D eigenvalue weighted by Crippen LogP contribution is 2.41. The van der Waals surface area contributed by atoms with Crippen LogP contribution in [0.5, 0.6) is 5.75 Å². The topological polar surface area (TPSA) is 57.9 Å². The Morgan fingerprint density at radius 2 is 1.85 bits per heavy atom. The lowest BCUT2D eigenvalue weighted by Crippen LogP contribution is -2.15. The minimum atomic E-state index is -0.373. The first-order valence-electron chi connectivity index (χ1n) is 11.4. The largest absolute Gasteiger partial charge is 0.467 e. The Morgan fingerprint density at radius 3 is 2.48 bits per heavy atom. The summed E-state index contributed by atoms with van der Waals surface area (Å²) in [5.74, 6) is 1.11. The Labute approximate surface area is 196 Å². The first-order valence-corrected chi connectivity index (χ1v) is 11.4. The van der Waals surface area contributed by atoms with Crippen molar-refractivity contribution in [2.75, 3.05) is 20.5 Å². The second-order valence-corrected chi connectivity index (χ2v) is 9.12. The van der Waals surface area contributed by atoms with Gasteiger partial charge in [0.2, 0.25) is 0 Å². The molecule has 0 saturated carbocycles. The first-order chi connectivity index (χ1) is 15.7. The van der Waals surface area contributed by atoms with Crippen molar-refractivity contribution in [2.45, 2.75) is 53.4 Å². The predicted octanol–water partition coefficient (Wildman–Crippen LogP) is 6.91. The monoisotopic (exact) mass is 450 g/mol. The molecule has 0 aliphatic rings. The van der Waals surface area contributed by atoms with Crippen molar-refractivity contribution in [3.05, 3.63) is 59.4 Å². The van der Waals surface area contributed by atoms with Crippen molar-refractivity contribution in [2.24, 2.45) is 0 Å². The number of esters is 1. The molecule has 33 heavy (non-hydrogen) atoms. The van der Waals surface area contributed by atoms with Crippen LogP contribution < -0.4 is 4.74 Å². The lowest BCUT2D eigenvalue weighted by molar-refractivity contribution is -0.137. The maximum Gasteiger partial charge on any atom is 0.331 e. The highest BCUT2D eigenvalue weighted by Gasteiger charge is 2.24. The molecule has 0 N–H and O–H groups in total. The van der Waals surface area contributed by atoms with Gasteiger partial charge >= 0.3 is 5.97 Å². The van der Waals surface area contributed by atoms with Gasteiger partial charge in [0.15, 0.2) is 6.79 Å². The van der Waals surface area contributed by atoms with Crippen molar-refractivity contribution in [1.29, 1.82) is 0 Å². The van der Waals surface area contributed by atoms with Crippen LogP contribution >= 0.6 is 0 Å². The van der Waals surface area contributed by atoms with Crippen LogP contribution in [-0.4, -0.2) is 26.5 Å². The van der Waals surface area contributed by atoms with E-state index >= 15 is 0 Å². The van der Waals surface area contributed by atoms with E-state index < -0.39 is 0 Å². The average Bonchev–Trinajstić information content (AvgIpc) is 3.20. The SMILES string of the molecule is CCOC(=O)C=C(C)c1cc2cc(-c3cc(CC)cc(C(C)(C)C)c3OCOC)ccc2o1. The summed E-state index contributed by atoms with van der Waals surface area (Å²) in [5.41, 5.74) is 5.85. The van der Waals surface area contributed by atoms with Crippen LogP contribution in [0.15, 0.2) is 46.9 Å². The molecule has 0 aliphatic heterocycles. The normalized spacial score (nSPS) is 12.3. The van der Waals surface area contributed by atoms with Crippen LogP contribution in [0.2, 0.25) is 0 Å². The van der Waals surface area contributed by atoms with E-state index in [2.05, 4.69) is 45.9 Å². The third-order valence-corrected chi connectivity index (χ3v) is 5.52. The fourth-order valence-electron chi connectivity index (χ4n) is 3.77. The highest BCUT2D eigenvalue weighted by atomic mass is 16.7. The Morgan fingerprint density at radius 1 is 1.09 bits per heavy atom. The number of allylic oxidation sites excluding steroid dienone is 1. The third kappa shape index (κ3) is 5.66. The Balaban J connectivity index is 2.12. The van der Waals surface area contributed by atoms with Crippen LogP contribution in [0.1, 0.15) is 58.4 Å². The number of carbonyl (C=O) groups excluding carboxylic acids is 1. The summed E-state index contributed by atoms with van der Waals surface area (Å²) in [6.45, 7) is 12.9. The maximum atomic E-state index is 11.8. The number of methoxy groups -OCH3 is 1. The molecule has 1 heterocycles. The number of hydrogen-bond donors (Lipinski definition) is 0. The molecule has 0 saturated heterocycles. The van der Waals surface area contributed by atoms with Gasteiger partial charge in [0.1, 0.15) is 17.1 Å². The van der Waals surface area contributed by atoms with Crippen LogP contribution in [0.4, 0.5) is 0 Å². The molecule has 0 fully saturated rings. The van der Waals surface area contributed by atoms with E-state index in [4.69, 9.17) is 18.6 Å². The van der Waals surface area contributed by atoms with E-state index in [0.29, 0.717) is 12.4 Å². The number of rotatable bonds is 8. The van der Waals surface area contributed by atoms with Crippen LogP contribution in [0.25, 0.3) is 27.7 Å². The summed E-state index contributed by atoms with van der Waals surface area (Å²) >= 11 is 0. The van der Waals surface area contributed by atoms with Gasteiger partial charge in [-0.05, 0) is 66.6 Å². The summed E-state index contributed by atoms with van der Waals surface area (Å²) < 4.78 is 22.3. The van der Waals surface area contributed by atoms with Gasteiger partial charge in [-0.3, -0.25) is 0 Å². The number of hydrogen-bond acceptors (Lipinski definition) is 5. The minimum absolute atomic E-state index is 0.0923. The quantitative estimate of drug-likeness (QED) is 0.212. The number of ether oxygens (including phenoxy) is 3. The smallest absolute Gasteiger partial charge is 0.331 e. The molecule has 176 valence electrons. The Hall–Kier alpha value is -3.05. The molecule has 0 spiro atoms. The summed E-state index contributed by atoms with van der Waals surface area (Å²) in [7, 11) is 1.63. The second kappa shape index (κ2) is 10.3. The number of aryl methyl sites for hydroxylation is 1. The summed E-state index contributed by atoms with van der Waals surface area (Å²) in [5, 5.41) is 0.955. The molecule has 5 nitrogen and oxygen atoms in total. The number of fused-ring (bicyclic) bond motifs is 1. The van der Waals surface area contributed by atoms with E-state index in [1.807, 2.05) is 25.1 Å². The minimum Gasteiger partial charge on any atom is -0.467 e. The van der Waals surface area contributed by atoms with Gasteiger partial charge in [0.25, 0.3) is 0 Å². The first kappa shape index (κ1) is 24.6. The fraction of sp³-hybridized carbons (Fsp3) is 0.393. The van der Waals surface area contributed by atoms with Gasteiger partial charge in [0, 0.05) is 29.7 Å². The van der Waals surface area contributed by atoms with Crippen molar-refractivity contribution in [1.82, 2.24) is 0 Å². The van der Waals surface area contributed by atoms with Crippen molar-refractivity contribution < 1.29 is 23.4 Å². The zero-order valence-corrected chi connectivity index (χ0v) is 20.7. The standard InChI is InChI=1S/C28H34O5/c1-8-19-13-22(27(32-17-30-7)23(14-19)28(4,5)6)20-10-11-24-21(15-20)16-25(33-24)18(3)12-26(29)31-9-2/h10-16H,8-9,17H2,1-7H3. The molecule has 5 heteroatoms. The highest BCUT2D eigenvalue weighted by molar-refractivity contribution is 5.93. The van der Waals surface area contributed by atoms with Gasteiger partial charge in [-0.15, -0.1) is 0 Å². The number of carbonyl (C=O) groups is 1. The van der Waals surface area contributed by atoms with Crippen molar-refractivity contribution in [3.8, 4) is 16.9 Å². The predicted molar refractivity (Wildman–Crippen MR) is 133 cm³/mol. The average molecular weight is 451 g/mol. The molecule has 1 aromatic heterocycles. The fourth-order valence-corrected chi connectivity index (χ4v) is 3.77. The number of benzene rings is 2. The lowest BCUT2D eigenvalue weighted by Gasteiger charge is -2.26. The summed E-state index contributed by atoms with van der Waals surface area (Å²) in [4.78, 5) is 11.8. The third-order valence-electron chi connectivity index (χ3n) is 5.52. The molecule has 0 unspecified atom stereocenters. The second-order valence-electron chi connectivity index (χ2n) is 9.12. The van der Waals surface area contributed by atoms with Crippen LogP contribution in [0.3, 0.4) is 0 Å². The summed E-state index contributed by atoms with van der Waals surface area (Å²) in [6, 6.07) is 12.5. The van der Waals surface area contributed by atoms with Crippen molar-refractivity contribution in [3.63, 3.8) is 0 Å². The van der Waals surface area contributed by atoms with Crippen LogP contribution in [-0.2, 0) is 26.1 Å². The van der Waals surface area contributed by atoms with Crippen LogP contribution in [0, 0.1) is 0 Å². The molecule has 0 amide bonds. The molecule has 0 radical (unpaired) electrons. The maximum absolute atomic E-state index is 11.8. The zero-order valence-electron chi connectivity index (χ0n) is 20.7. The van der Waals surface area contributed by atoms with Gasteiger partial charge in [0.05, 0.1) is 6.61 Å². The molecule has 0 bridgehead atoms. The molecule has 3 rings (SSSR count). The lowest BCUT2D eigenvalue weighted by atomic mass is 9.82. The van der Waals surface area contributed by atoms with E-state index in [-0.39, 0.29) is 18.2 Å². The molecule has 2 aromatic carbocycles. The summed E-state index contributed by atoms with van der Waals surface area (Å²) in [6.07, 6.45) is 2.38. The zero-order chi connectivity index (χ0) is 24.2. The molecular formula is C28H34O5. The van der Waals surface area contributed by atoms with E-state index in [1.54, 1.807) is 14.0 Å². The van der Waals surface area contributed by atoms with Gasteiger partial charge in [-0.1, -0.05) is 39.8 Å². The van der Waals surface area contributed by atoms with Crippen molar-refractivity contribution >= 4 is 22.5 Å². The van der Waals surface area contributed by atoms with E-state index in [1.165, 1.54) is 11.6 Å². The molecular weight excluding hydrogens is 416 g/mol. The molecule has 0 aliphatic carbocycles. The van der Waals surface area contributed by atoms with E-state index in [0.717, 1.165) is 45.4 Å². The number of furan rings is 1. The van der Waals surface area contributed by atoms with Gasteiger partial charge in [-0.25, -0.2) is 4.79 Å². The Kier molecular flexibility index (Phi) is 7.65. The van der Waals surface area contributed by atoms with E-state index in [9.17, 15) is 4.79 Å².